The summed E-state index contributed by atoms with van der Waals surface area (Å²) in [5.74, 6) is 0.250. The van der Waals surface area contributed by atoms with Crippen LogP contribution in [0, 0.1) is 5.41 Å². The Balaban J connectivity index is 1.31. The van der Waals surface area contributed by atoms with Gasteiger partial charge in [0.15, 0.2) is 0 Å². The van der Waals surface area contributed by atoms with E-state index in [-0.39, 0.29) is 5.91 Å². The van der Waals surface area contributed by atoms with E-state index in [4.69, 9.17) is 9.47 Å². The van der Waals surface area contributed by atoms with Gasteiger partial charge in [0, 0.05) is 26.7 Å². The van der Waals surface area contributed by atoms with Crippen molar-refractivity contribution in [2.24, 2.45) is 5.41 Å². The van der Waals surface area contributed by atoms with Gasteiger partial charge in [-0.2, -0.15) is 0 Å². The minimum absolute atomic E-state index is 0.250. The van der Waals surface area contributed by atoms with Crippen molar-refractivity contribution < 1.29 is 14.3 Å². The standard InChI is InChI=1S/C22H34N2O3/c1-26-17-7-21(25)24-14-10-22(11-15-24)8-12-23(13-9-22)16-18-27-19-20-5-3-2-4-6-20/h2-6H,7-19H2,1H3. The van der Waals surface area contributed by atoms with Gasteiger partial charge in [-0.15, -0.1) is 0 Å². The molecule has 150 valence electrons. The topological polar surface area (TPSA) is 42.0 Å². The Labute approximate surface area is 163 Å². The highest BCUT2D eigenvalue weighted by Crippen LogP contribution is 2.41. The molecular weight excluding hydrogens is 340 g/mol. The van der Waals surface area contributed by atoms with Crippen molar-refractivity contribution in [3.63, 3.8) is 0 Å². The lowest BCUT2D eigenvalue weighted by Crippen LogP contribution is -2.48. The molecule has 0 unspecified atom stereocenters. The van der Waals surface area contributed by atoms with Gasteiger partial charge in [-0.05, 0) is 49.8 Å². The number of hydrogen-bond donors (Lipinski definition) is 0. The molecule has 2 heterocycles. The molecular formula is C22H34N2O3. The fourth-order valence-electron chi connectivity index (χ4n) is 4.29. The van der Waals surface area contributed by atoms with Gasteiger partial charge >= 0.3 is 0 Å². The minimum Gasteiger partial charge on any atom is -0.384 e. The molecule has 2 aliphatic rings. The van der Waals surface area contributed by atoms with Crippen molar-refractivity contribution in [3.8, 4) is 0 Å². The average Bonchev–Trinajstić information content (AvgIpc) is 2.72. The average molecular weight is 375 g/mol. The molecule has 0 saturated carbocycles. The highest BCUT2D eigenvalue weighted by Gasteiger charge is 2.38. The lowest BCUT2D eigenvalue weighted by atomic mass is 9.71. The van der Waals surface area contributed by atoms with Crippen LogP contribution in [-0.2, 0) is 20.9 Å². The predicted octanol–water partition coefficient (Wildman–Crippen LogP) is 2.94. The van der Waals surface area contributed by atoms with Gasteiger partial charge in [-0.1, -0.05) is 30.3 Å². The van der Waals surface area contributed by atoms with Crippen LogP contribution in [0.3, 0.4) is 0 Å². The number of piperidine rings is 2. The van der Waals surface area contributed by atoms with Gasteiger partial charge in [-0.3, -0.25) is 4.79 Å². The van der Waals surface area contributed by atoms with E-state index < -0.39 is 0 Å². The number of carbonyl (C=O) groups is 1. The Morgan fingerprint density at radius 1 is 1.00 bits per heavy atom. The lowest BCUT2D eigenvalue weighted by molar-refractivity contribution is -0.135. The molecule has 27 heavy (non-hydrogen) atoms. The fraction of sp³-hybridized carbons (Fsp3) is 0.682. The number of carbonyl (C=O) groups excluding carboxylic acids is 1. The Bertz CT molecular complexity index is 560. The number of nitrogens with zero attached hydrogens (tertiary/aromatic N) is 2. The predicted molar refractivity (Wildman–Crippen MR) is 107 cm³/mol. The number of ether oxygens (including phenoxy) is 2. The van der Waals surface area contributed by atoms with E-state index in [0.29, 0.717) is 25.0 Å². The smallest absolute Gasteiger partial charge is 0.224 e. The van der Waals surface area contributed by atoms with Gasteiger partial charge in [-0.25, -0.2) is 0 Å². The molecule has 1 spiro atoms. The second-order valence-electron chi connectivity index (χ2n) is 8.00. The van der Waals surface area contributed by atoms with Crippen molar-refractivity contribution in [1.82, 2.24) is 9.80 Å². The quantitative estimate of drug-likeness (QED) is 0.656. The maximum atomic E-state index is 12.2. The lowest BCUT2D eigenvalue weighted by Gasteiger charge is -2.47. The maximum Gasteiger partial charge on any atom is 0.224 e. The molecule has 0 aromatic heterocycles. The monoisotopic (exact) mass is 374 g/mol. The molecule has 2 fully saturated rings. The van der Waals surface area contributed by atoms with Crippen LogP contribution in [0.4, 0.5) is 0 Å². The molecule has 1 aromatic carbocycles. The second-order valence-corrected chi connectivity index (χ2v) is 8.00. The molecule has 0 aliphatic carbocycles. The summed E-state index contributed by atoms with van der Waals surface area (Å²) in [4.78, 5) is 16.7. The molecule has 1 amide bonds. The summed E-state index contributed by atoms with van der Waals surface area (Å²) in [5, 5.41) is 0. The molecule has 5 heteroatoms. The number of hydrogen-bond acceptors (Lipinski definition) is 4. The highest BCUT2D eigenvalue weighted by molar-refractivity contribution is 5.76. The van der Waals surface area contributed by atoms with Crippen molar-refractivity contribution in [1.29, 1.82) is 0 Å². The molecule has 0 radical (unpaired) electrons. The third-order valence-electron chi connectivity index (χ3n) is 6.28. The zero-order chi connectivity index (χ0) is 19.0. The largest absolute Gasteiger partial charge is 0.384 e. The third-order valence-corrected chi connectivity index (χ3v) is 6.28. The number of methoxy groups -OCH3 is 1. The zero-order valence-electron chi connectivity index (χ0n) is 16.7. The Kier molecular flexibility index (Phi) is 7.68. The Hall–Kier alpha value is -1.43. The number of rotatable bonds is 8. The van der Waals surface area contributed by atoms with Gasteiger partial charge in [0.25, 0.3) is 0 Å². The number of likely N-dealkylation sites (tertiary alicyclic amines) is 2. The summed E-state index contributed by atoms with van der Waals surface area (Å²) >= 11 is 0. The first kappa shape index (κ1) is 20.3. The van der Waals surface area contributed by atoms with Crippen molar-refractivity contribution in [2.45, 2.75) is 38.7 Å². The summed E-state index contributed by atoms with van der Waals surface area (Å²) in [6.45, 7) is 7.20. The fourth-order valence-corrected chi connectivity index (χ4v) is 4.29. The van der Waals surface area contributed by atoms with E-state index in [1.54, 1.807) is 7.11 Å². The number of benzene rings is 1. The van der Waals surface area contributed by atoms with Crippen LogP contribution in [0.15, 0.2) is 30.3 Å². The van der Waals surface area contributed by atoms with E-state index in [2.05, 4.69) is 29.2 Å². The first-order valence-electron chi connectivity index (χ1n) is 10.3. The van der Waals surface area contributed by atoms with Gasteiger partial charge in [0.05, 0.1) is 26.2 Å². The maximum absolute atomic E-state index is 12.2. The molecule has 0 atom stereocenters. The normalized spacial score (nSPS) is 20.1. The summed E-state index contributed by atoms with van der Waals surface area (Å²) < 4.78 is 10.9. The van der Waals surface area contributed by atoms with Crippen molar-refractivity contribution in [2.75, 3.05) is 53.0 Å². The molecule has 3 rings (SSSR count). The van der Waals surface area contributed by atoms with Crippen LogP contribution in [-0.4, -0.2) is 68.8 Å². The zero-order valence-corrected chi connectivity index (χ0v) is 16.7. The first-order valence-corrected chi connectivity index (χ1v) is 10.3. The molecule has 0 bridgehead atoms. The third kappa shape index (κ3) is 6.03. The highest BCUT2D eigenvalue weighted by atomic mass is 16.5. The number of amides is 1. The molecule has 1 aromatic rings. The van der Waals surface area contributed by atoms with Gasteiger partial charge < -0.3 is 19.3 Å². The molecule has 5 nitrogen and oxygen atoms in total. The Morgan fingerprint density at radius 3 is 2.33 bits per heavy atom. The van der Waals surface area contributed by atoms with E-state index >= 15 is 0 Å². The molecule has 2 saturated heterocycles. The second kappa shape index (κ2) is 10.2. The van der Waals surface area contributed by atoms with Gasteiger partial charge in [0.2, 0.25) is 5.91 Å². The van der Waals surface area contributed by atoms with Crippen LogP contribution < -0.4 is 0 Å². The summed E-state index contributed by atoms with van der Waals surface area (Å²) in [6.07, 6.45) is 5.34. The van der Waals surface area contributed by atoms with Crippen molar-refractivity contribution in [3.05, 3.63) is 35.9 Å². The van der Waals surface area contributed by atoms with Crippen LogP contribution >= 0.6 is 0 Å². The Morgan fingerprint density at radius 2 is 1.67 bits per heavy atom. The van der Waals surface area contributed by atoms with E-state index in [0.717, 1.165) is 52.2 Å². The van der Waals surface area contributed by atoms with Gasteiger partial charge in [0.1, 0.15) is 0 Å². The van der Waals surface area contributed by atoms with E-state index in [1.165, 1.54) is 18.4 Å². The summed E-state index contributed by atoms with van der Waals surface area (Å²) in [7, 11) is 1.65. The molecule has 2 aliphatic heterocycles. The van der Waals surface area contributed by atoms with Crippen LogP contribution in [0.2, 0.25) is 0 Å². The molecule has 0 N–H and O–H groups in total. The summed E-state index contributed by atoms with van der Waals surface area (Å²) in [6, 6.07) is 10.4. The van der Waals surface area contributed by atoms with Crippen molar-refractivity contribution >= 4 is 5.91 Å². The summed E-state index contributed by atoms with van der Waals surface area (Å²) in [5.41, 5.74) is 1.70. The van der Waals surface area contributed by atoms with E-state index in [1.807, 2.05) is 11.0 Å². The van der Waals surface area contributed by atoms with E-state index in [9.17, 15) is 4.79 Å². The minimum atomic E-state index is 0.250. The van der Waals surface area contributed by atoms with Crippen LogP contribution in [0.25, 0.3) is 0 Å². The SMILES string of the molecule is COCCC(=O)N1CCC2(CCN(CCOCc3ccccc3)CC2)CC1. The van der Waals surface area contributed by atoms with Crippen LogP contribution in [0.5, 0.6) is 0 Å². The first-order chi connectivity index (χ1) is 13.2. The van der Waals surface area contributed by atoms with Crippen LogP contribution in [0.1, 0.15) is 37.7 Å².